The summed E-state index contributed by atoms with van der Waals surface area (Å²) >= 11 is 0. The number of alkyl halides is 2. The number of ether oxygens (including phenoxy) is 2. The second-order valence-corrected chi connectivity index (χ2v) is 10.5. The molecule has 7 nitrogen and oxygen atoms in total. The van der Waals surface area contributed by atoms with Crippen molar-refractivity contribution >= 4 is 16.9 Å². The third-order valence-corrected chi connectivity index (χ3v) is 7.95. The number of nitrogens with two attached hydrogens (primary N) is 1. The highest BCUT2D eigenvalue weighted by atomic mass is 19.3. The monoisotopic (exact) mass is 497 g/mol. The summed E-state index contributed by atoms with van der Waals surface area (Å²) in [7, 11) is 0. The van der Waals surface area contributed by atoms with Gasteiger partial charge in [-0.1, -0.05) is 12.1 Å². The summed E-state index contributed by atoms with van der Waals surface area (Å²) in [5.74, 6) is -0.721. The van der Waals surface area contributed by atoms with E-state index in [4.69, 9.17) is 15.2 Å². The van der Waals surface area contributed by atoms with Crippen molar-refractivity contribution < 1.29 is 18.3 Å². The Labute approximate surface area is 209 Å². The molecule has 1 atom stereocenters. The van der Waals surface area contributed by atoms with Gasteiger partial charge in [-0.15, -0.1) is 0 Å². The fourth-order valence-corrected chi connectivity index (χ4v) is 5.83. The molecule has 1 aromatic carbocycles. The maximum atomic E-state index is 13.5. The molecule has 3 aliphatic rings. The van der Waals surface area contributed by atoms with Crippen LogP contribution >= 0.6 is 0 Å². The number of likely N-dealkylation sites (tertiary alicyclic amines) is 1. The second-order valence-electron chi connectivity index (χ2n) is 10.5. The summed E-state index contributed by atoms with van der Waals surface area (Å²) in [6.45, 7) is 3.22. The molecule has 2 aliphatic heterocycles. The molecule has 9 heteroatoms. The quantitative estimate of drug-likeness (QED) is 0.499. The third-order valence-electron chi connectivity index (χ3n) is 7.95. The van der Waals surface area contributed by atoms with Crippen molar-refractivity contribution in [1.29, 1.82) is 0 Å². The van der Waals surface area contributed by atoms with Crippen molar-refractivity contribution in [3.8, 4) is 16.9 Å². The van der Waals surface area contributed by atoms with Crippen molar-refractivity contribution in [2.75, 3.05) is 38.6 Å². The third kappa shape index (κ3) is 4.78. The highest BCUT2D eigenvalue weighted by Gasteiger charge is 2.38. The van der Waals surface area contributed by atoms with E-state index in [-0.39, 0.29) is 18.9 Å². The topological polar surface area (TPSA) is 78.4 Å². The van der Waals surface area contributed by atoms with Gasteiger partial charge in [0.05, 0.1) is 11.5 Å². The Morgan fingerprint density at radius 1 is 1.17 bits per heavy atom. The minimum atomic E-state index is -2.49. The van der Waals surface area contributed by atoms with E-state index in [1.165, 1.54) is 6.33 Å². The number of nitrogen functional groups attached to an aromatic ring is 1. The lowest BCUT2D eigenvalue weighted by Crippen LogP contribution is -2.44. The van der Waals surface area contributed by atoms with E-state index in [0.717, 1.165) is 66.7 Å². The van der Waals surface area contributed by atoms with Crippen LogP contribution in [0.2, 0.25) is 0 Å². The number of halogens is 2. The molecule has 0 bridgehead atoms. The number of fused-ring (bicyclic) bond motifs is 1. The number of anilines is 1. The van der Waals surface area contributed by atoms with Crippen LogP contribution in [0.3, 0.4) is 0 Å². The Bertz CT molecular complexity index is 1210. The second kappa shape index (κ2) is 9.59. The summed E-state index contributed by atoms with van der Waals surface area (Å²) < 4.78 is 40.9. The van der Waals surface area contributed by atoms with Crippen LogP contribution in [0.1, 0.15) is 44.6 Å². The average Bonchev–Trinajstić information content (AvgIpc) is 3.50. The molecule has 1 unspecified atom stereocenters. The molecule has 2 N–H and O–H groups in total. The SMILES string of the molecule is Nc1ncnc2c1c(-c1cccc(OCC3CCCO3)c1)cn2[C@H]1C[C@@H](CN2CCC(F)(F)CC2)C1. The first-order valence-electron chi connectivity index (χ1n) is 13.0. The van der Waals surface area contributed by atoms with Crippen molar-refractivity contribution in [2.24, 2.45) is 5.92 Å². The summed E-state index contributed by atoms with van der Waals surface area (Å²) in [4.78, 5) is 11.0. The molecule has 3 fully saturated rings. The number of piperidine rings is 1. The summed E-state index contributed by atoms with van der Waals surface area (Å²) in [5.41, 5.74) is 9.18. The van der Waals surface area contributed by atoms with Gasteiger partial charge in [-0.05, 0) is 49.3 Å². The first-order chi connectivity index (χ1) is 17.4. The van der Waals surface area contributed by atoms with Crippen molar-refractivity contribution in [1.82, 2.24) is 19.4 Å². The molecule has 0 radical (unpaired) electrons. The minimum absolute atomic E-state index is 0.0264. The molecule has 0 amide bonds. The first-order valence-corrected chi connectivity index (χ1v) is 13.0. The van der Waals surface area contributed by atoms with E-state index in [9.17, 15) is 8.78 Å². The van der Waals surface area contributed by atoms with Gasteiger partial charge in [-0.25, -0.2) is 18.7 Å². The van der Waals surface area contributed by atoms with E-state index in [1.807, 2.05) is 18.2 Å². The largest absolute Gasteiger partial charge is 0.491 e. The number of rotatable bonds is 7. The number of nitrogens with zero attached hydrogens (tertiary/aromatic N) is 4. The maximum absolute atomic E-state index is 13.5. The average molecular weight is 498 g/mol. The van der Waals surface area contributed by atoms with Crippen molar-refractivity contribution in [3.63, 3.8) is 0 Å². The summed E-state index contributed by atoms with van der Waals surface area (Å²) in [6, 6.07) is 8.36. The van der Waals surface area contributed by atoms with Crippen LogP contribution in [0.4, 0.5) is 14.6 Å². The lowest BCUT2D eigenvalue weighted by atomic mass is 9.79. The number of benzene rings is 1. The fourth-order valence-electron chi connectivity index (χ4n) is 5.83. The van der Waals surface area contributed by atoms with Crippen LogP contribution < -0.4 is 10.5 Å². The molecule has 0 spiro atoms. The Hall–Kier alpha value is -2.78. The molecular weight excluding hydrogens is 464 g/mol. The zero-order valence-electron chi connectivity index (χ0n) is 20.4. The van der Waals surface area contributed by atoms with Crippen LogP contribution in [0.5, 0.6) is 5.75 Å². The van der Waals surface area contributed by atoms with Crippen LogP contribution in [0.25, 0.3) is 22.2 Å². The van der Waals surface area contributed by atoms with Crippen LogP contribution in [-0.4, -0.2) is 64.3 Å². The molecule has 192 valence electrons. The minimum Gasteiger partial charge on any atom is -0.491 e. The number of hydrogen-bond donors (Lipinski definition) is 1. The standard InChI is InChI=1S/C27H33F2N5O2/c28-27(29)6-8-33(9-7-27)14-18-11-20(12-18)34-15-23(24-25(30)31-17-32-26(24)34)19-3-1-4-21(13-19)36-16-22-5-2-10-35-22/h1,3-4,13,15,17-18,20,22H,2,5-12,14,16H2,(H2,30,31,32)/t18-,20+,22?. The Kier molecular flexibility index (Phi) is 6.29. The van der Waals surface area contributed by atoms with Gasteiger partial charge in [0.2, 0.25) is 0 Å². The Morgan fingerprint density at radius 3 is 2.78 bits per heavy atom. The smallest absolute Gasteiger partial charge is 0.250 e. The zero-order chi connectivity index (χ0) is 24.7. The first kappa shape index (κ1) is 23.6. The number of aromatic nitrogens is 3. The molecule has 6 rings (SSSR count). The van der Waals surface area contributed by atoms with Gasteiger partial charge in [0.1, 0.15) is 30.1 Å². The van der Waals surface area contributed by atoms with Crippen molar-refractivity contribution in [3.05, 3.63) is 36.8 Å². The number of hydrogen-bond acceptors (Lipinski definition) is 6. The van der Waals surface area contributed by atoms with Crippen LogP contribution in [0.15, 0.2) is 36.8 Å². The zero-order valence-corrected chi connectivity index (χ0v) is 20.4. The summed E-state index contributed by atoms with van der Waals surface area (Å²) in [5, 5.41) is 0.857. The lowest BCUT2D eigenvalue weighted by Gasteiger charge is -2.41. The van der Waals surface area contributed by atoms with Crippen LogP contribution in [0, 0.1) is 5.92 Å². The Balaban J connectivity index is 1.18. The lowest BCUT2D eigenvalue weighted by molar-refractivity contribution is -0.0603. The van der Waals surface area contributed by atoms with Crippen molar-refractivity contribution in [2.45, 2.75) is 56.6 Å². The van der Waals surface area contributed by atoms with E-state index >= 15 is 0 Å². The molecule has 3 aromatic rings. The fraction of sp³-hybridized carbons (Fsp3) is 0.556. The Morgan fingerprint density at radius 2 is 2.00 bits per heavy atom. The maximum Gasteiger partial charge on any atom is 0.250 e. The molecular formula is C27H33F2N5O2. The molecule has 2 aromatic heterocycles. The van der Waals surface area contributed by atoms with E-state index in [0.29, 0.717) is 37.5 Å². The van der Waals surface area contributed by atoms with Gasteiger partial charge >= 0.3 is 0 Å². The van der Waals surface area contributed by atoms with Gasteiger partial charge in [0.15, 0.2) is 0 Å². The molecule has 1 saturated carbocycles. The predicted octanol–water partition coefficient (Wildman–Crippen LogP) is 4.92. The van der Waals surface area contributed by atoms with E-state index in [1.54, 1.807) is 0 Å². The summed E-state index contributed by atoms with van der Waals surface area (Å²) in [6.07, 6.45) is 7.89. The molecule has 2 saturated heterocycles. The predicted molar refractivity (Wildman–Crippen MR) is 134 cm³/mol. The normalized spacial score (nSPS) is 26.2. The van der Waals surface area contributed by atoms with Gasteiger partial charge < -0.3 is 24.7 Å². The highest BCUT2D eigenvalue weighted by molar-refractivity contribution is 6.00. The molecule has 4 heterocycles. The van der Waals surface area contributed by atoms with Crippen LogP contribution in [-0.2, 0) is 4.74 Å². The van der Waals surface area contributed by atoms with Gasteiger partial charge in [-0.2, -0.15) is 0 Å². The van der Waals surface area contributed by atoms with E-state index in [2.05, 4.69) is 31.7 Å². The highest BCUT2D eigenvalue weighted by Crippen LogP contribution is 2.44. The van der Waals surface area contributed by atoms with Gasteiger partial charge in [-0.3, -0.25) is 0 Å². The van der Waals surface area contributed by atoms with Gasteiger partial charge in [0.25, 0.3) is 5.92 Å². The van der Waals surface area contributed by atoms with E-state index < -0.39 is 5.92 Å². The molecule has 36 heavy (non-hydrogen) atoms. The molecule has 1 aliphatic carbocycles. The van der Waals surface area contributed by atoms with Gasteiger partial charge in [0, 0.05) is 56.9 Å².